The first-order chi connectivity index (χ1) is 13.6. The zero-order valence-electron chi connectivity index (χ0n) is 17.1. The van der Waals surface area contributed by atoms with Crippen molar-refractivity contribution in [2.45, 2.75) is 45.3 Å². The summed E-state index contributed by atoms with van der Waals surface area (Å²) in [6, 6.07) is 30.3. The van der Waals surface area contributed by atoms with Crippen LogP contribution in [0.15, 0.2) is 84.9 Å². The van der Waals surface area contributed by atoms with Crippen molar-refractivity contribution >= 4 is 0 Å². The van der Waals surface area contributed by atoms with Gasteiger partial charge in [-0.1, -0.05) is 72.8 Å². The van der Waals surface area contributed by atoms with Crippen LogP contribution in [0.4, 0.5) is 0 Å². The molecule has 3 aromatic carbocycles. The third-order valence-corrected chi connectivity index (χ3v) is 5.04. The first-order valence-electron chi connectivity index (χ1n) is 10.2. The van der Waals surface area contributed by atoms with E-state index in [1.54, 1.807) is 0 Å². The minimum atomic E-state index is 0.194. The molecule has 0 amide bonds. The van der Waals surface area contributed by atoms with Gasteiger partial charge in [-0.05, 0) is 62.6 Å². The fourth-order valence-electron chi connectivity index (χ4n) is 3.57. The van der Waals surface area contributed by atoms with Crippen LogP contribution in [0.2, 0.25) is 0 Å². The maximum atomic E-state index is 5.80. The number of ether oxygens (including phenoxy) is 1. The second-order valence-corrected chi connectivity index (χ2v) is 7.57. The SMILES string of the molecule is CC(C)Oc1ccc([C@H](CCN[C@@H](C)c2ccccc2)c2ccccc2)cc1. The van der Waals surface area contributed by atoms with E-state index in [2.05, 4.69) is 111 Å². The van der Waals surface area contributed by atoms with Crippen molar-refractivity contribution in [3.63, 3.8) is 0 Å². The van der Waals surface area contributed by atoms with Gasteiger partial charge in [0.25, 0.3) is 0 Å². The Morgan fingerprint density at radius 1 is 0.679 bits per heavy atom. The van der Waals surface area contributed by atoms with Crippen molar-refractivity contribution in [2.24, 2.45) is 0 Å². The van der Waals surface area contributed by atoms with E-state index in [0.29, 0.717) is 12.0 Å². The first kappa shape index (κ1) is 20.2. The molecular weight excluding hydrogens is 342 g/mol. The molecule has 2 heteroatoms. The molecule has 0 heterocycles. The van der Waals surface area contributed by atoms with Crippen LogP contribution < -0.4 is 10.1 Å². The lowest BCUT2D eigenvalue weighted by Gasteiger charge is -2.21. The van der Waals surface area contributed by atoms with Gasteiger partial charge in [0.2, 0.25) is 0 Å². The highest BCUT2D eigenvalue weighted by molar-refractivity contribution is 5.36. The molecule has 2 nitrogen and oxygen atoms in total. The van der Waals surface area contributed by atoms with Crippen LogP contribution >= 0.6 is 0 Å². The van der Waals surface area contributed by atoms with Crippen molar-refractivity contribution < 1.29 is 4.74 Å². The molecule has 3 aromatic rings. The van der Waals surface area contributed by atoms with E-state index in [4.69, 9.17) is 4.74 Å². The van der Waals surface area contributed by atoms with Gasteiger partial charge in [0.1, 0.15) is 5.75 Å². The largest absolute Gasteiger partial charge is 0.491 e. The summed E-state index contributed by atoms with van der Waals surface area (Å²) >= 11 is 0. The van der Waals surface area contributed by atoms with E-state index in [1.165, 1.54) is 16.7 Å². The molecule has 2 atom stereocenters. The van der Waals surface area contributed by atoms with E-state index in [0.717, 1.165) is 18.7 Å². The molecule has 28 heavy (non-hydrogen) atoms. The molecule has 0 spiro atoms. The number of benzene rings is 3. The summed E-state index contributed by atoms with van der Waals surface area (Å²) in [5.41, 5.74) is 4.01. The summed E-state index contributed by atoms with van der Waals surface area (Å²) in [6.45, 7) is 7.30. The minimum Gasteiger partial charge on any atom is -0.491 e. The van der Waals surface area contributed by atoms with Crippen LogP contribution in [-0.4, -0.2) is 12.6 Å². The van der Waals surface area contributed by atoms with Gasteiger partial charge in [0.05, 0.1) is 6.10 Å². The van der Waals surface area contributed by atoms with Gasteiger partial charge < -0.3 is 10.1 Å². The zero-order chi connectivity index (χ0) is 19.8. The summed E-state index contributed by atoms with van der Waals surface area (Å²) in [6.07, 6.45) is 1.24. The Balaban J connectivity index is 1.69. The summed E-state index contributed by atoms with van der Waals surface area (Å²) in [5.74, 6) is 1.30. The fourth-order valence-corrected chi connectivity index (χ4v) is 3.57. The van der Waals surface area contributed by atoms with Crippen molar-refractivity contribution in [2.75, 3.05) is 6.54 Å². The van der Waals surface area contributed by atoms with Gasteiger partial charge in [-0.3, -0.25) is 0 Å². The molecule has 0 fully saturated rings. The van der Waals surface area contributed by atoms with E-state index >= 15 is 0 Å². The lowest BCUT2D eigenvalue weighted by molar-refractivity contribution is 0.242. The number of nitrogens with one attached hydrogen (secondary N) is 1. The molecule has 0 bridgehead atoms. The highest BCUT2D eigenvalue weighted by Crippen LogP contribution is 2.29. The predicted molar refractivity (Wildman–Crippen MR) is 118 cm³/mol. The molecule has 0 unspecified atom stereocenters. The van der Waals surface area contributed by atoms with Crippen LogP contribution in [0.5, 0.6) is 5.75 Å². The van der Waals surface area contributed by atoms with Crippen molar-refractivity contribution in [1.82, 2.24) is 5.32 Å². The van der Waals surface area contributed by atoms with E-state index in [1.807, 2.05) is 0 Å². The Morgan fingerprint density at radius 3 is 1.79 bits per heavy atom. The quantitative estimate of drug-likeness (QED) is 0.472. The topological polar surface area (TPSA) is 21.3 Å². The number of hydrogen-bond acceptors (Lipinski definition) is 2. The summed E-state index contributed by atoms with van der Waals surface area (Å²) in [5, 5.41) is 3.68. The van der Waals surface area contributed by atoms with Crippen LogP contribution in [0, 0.1) is 0 Å². The lowest BCUT2D eigenvalue weighted by Crippen LogP contribution is -2.21. The maximum Gasteiger partial charge on any atom is 0.119 e. The molecule has 146 valence electrons. The highest BCUT2D eigenvalue weighted by atomic mass is 16.5. The minimum absolute atomic E-state index is 0.194. The normalized spacial score (nSPS) is 13.3. The average Bonchev–Trinajstić information content (AvgIpc) is 2.73. The summed E-state index contributed by atoms with van der Waals surface area (Å²) < 4.78 is 5.80. The Morgan fingerprint density at radius 2 is 1.21 bits per heavy atom. The smallest absolute Gasteiger partial charge is 0.119 e. The number of rotatable bonds is 9. The molecule has 0 aromatic heterocycles. The maximum absolute atomic E-state index is 5.80. The highest BCUT2D eigenvalue weighted by Gasteiger charge is 2.15. The lowest BCUT2D eigenvalue weighted by atomic mass is 9.88. The Bertz CT molecular complexity index is 812. The number of hydrogen-bond donors (Lipinski definition) is 1. The molecule has 3 rings (SSSR count). The van der Waals surface area contributed by atoms with Gasteiger partial charge in [0, 0.05) is 12.0 Å². The van der Waals surface area contributed by atoms with E-state index < -0.39 is 0 Å². The van der Waals surface area contributed by atoms with E-state index in [-0.39, 0.29) is 6.10 Å². The molecule has 0 aliphatic carbocycles. The Hall–Kier alpha value is -2.58. The van der Waals surface area contributed by atoms with Crippen LogP contribution in [0.1, 0.15) is 55.8 Å². The predicted octanol–water partition coefficient (Wildman–Crippen LogP) is 6.35. The Kier molecular flexibility index (Phi) is 7.27. The summed E-state index contributed by atoms with van der Waals surface area (Å²) in [7, 11) is 0. The fraction of sp³-hybridized carbons (Fsp3) is 0.308. The van der Waals surface area contributed by atoms with Gasteiger partial charge in [-0.2, -0.15) is 0 Å². The van der Waals surface area contributed by atoms with Crippen LogP contribution in [-0.2, 0) is 0 Å². The van der Waals surface area contributed by atoms with Gasteiger partial charge in [-0.15, -0.1) is 0 Å². The standard InChI is InChI=1S/C26H31NO/c1-20(2)28-25-16-14-24(15-17-25)26(23-12-8-5-9-13-23)18-19-27-21(3)22-10-6-4-7-11-22/h4-17,20-21,26-27H,18-19H2,1-3H3/t21-,26+/m0/s1. The van der Waals surface area contributed by atoms with E-state index in [9.17, 15) is 0 Å². The molecule has 1 N–H and O–H groups in total. The molecule has 0 aliphatic heterocycles. The molecular formula is C26H31NO. The molecule has 0 saturated heterocycles. The molecule has 0 radical (unpaired) electrons. The van der Waals surface area contributed by atoms with Crippen LogP contribution in [0.25, 0.3) is 0 Å². The monoisotopic (exact) mass is 373 g/mol. The summed E-state index contributed by atoms with van der Waals surface area (Å²) in [4.78, 5) is 0. The van der Waals surface area contributed by atoms with Gasteiger partial charge in [-0.25, -0.2) is 0 Å². The van der Waals surface area contributed by atoms with Crippen molar-refractivity contribution in [3.8, 4) is 5.75 Å². The Labute approximate surface area is 169 Å². The first-order valence-corrected chi connectivity index (χ1v) is 10.2. The molecule has 0 aliphatic rings. The third-order valence-electron chi connectivity index (χ3n) is 5.04. The van der Waals surface area contributed by atoms with Crippen LogP contribution in [0.3, 0.4) is 0 Å². The van der Waals surface area contributed by atoms with Crippen molar-refractivity contribution in [1.29, 1.82) is 0 Å². The molecule has 0 saturated carbocycles. The van der Waals surface area contributed by atoms with Gasteiger partial charge in [0.15, 0.2) is 0 Å². The second-order valence-electron chi connectivity index (χ2n) is 7.57. The van der Waals surface area contributed by atoms with Crippen molar-refractivity contribution in [3.05, 3.63) is 102 Å². The zero-order valence-corrected chi connectivity index (χ0v) is 17.1. The average molecular weight is 374 g/mol. The van der Waals surface area contributed by atoms with Gasteiger partial charge >= 0.3 is 0 Å². The second kappa shape index (κ2) is 10.1. The third kappa shape index (κ3) is 5.71.